The van der Waals surface area contributed by atoms with E-state index in [-0.39, 0.29) is 36.7 Å². The summed E-state index contributed by atoms with van der Waals surface area (Å²) in [4.78, 5) is 49.9. The van der Waals surface area contributed by atoms with E-state index in [0.29, 0.717) is 22.6 Å². The number of amides is 1. The van der Waals surface area contributed by atoms with E-state index in [9.17, 15) is 19.2 Å². The van der Waals surface area contributed by atoms with Gasteiger partial charge in [-0.15, -0.1) is 11.6 Å². The average Bonchev–Trinajstić information content (AvgIpc) is 2.91. The summed E-state index contributed by atoms with van der Waals surface area (Å²) in [5.41, 5.74) is 1.53. The van der Waals surface area contributed by atoms with E-state index < -0.39 is 29.1 Å². The third-order valence-electron chi connectivity index (χ3n) is 6.02. The second kappa shape index (κ2) is 13.4. The van der Waals surface area contributed by atoms with Gasteiger partial charge in [0.15, 0.2) is 5.78 Å². The Kier molecular flexibility index (Phi) is 10.3. The summed E-state index contributed by atoms with van der Waals surface area (Å²) in [6.45, 7) is 5.88. The molecule has 3 rings (SSSR count). The van der Waals surface area contributed by atoms with Crippen molar-refractivity contribution in [2.24, 2.45) is 0 Å². The number of nitrogens with zero attached hydrogens (tertiary/aromatic N) is 1. The molecule has 0 saturated carbocycles. The summed E-state index contributed by atoms with van der Waals surface area (Å²) in [5, 5.41) is 11.9. The topological polar surface area (TPSA) is 124 Å². The number of carbonyl (C=O) groups is 3. The number of aromatic carboxylic acids is 1. The number of halogens is 1. The largest absolute Gasteiger partial charge is 0.495 e. The number of anilines is 1. The second-order valence-corrected chi connectivity index (χ2v) is 10.5. The number of methoxy groups -OCH3 is 1. The van der Waals surface area contributed by atoms with E-state index in [1.54, 1.807) is 24.3 Å². The minimum Gasteiger partial charge on any atom is -0.495 e. The number of carboxylic acids is 1. The number of hydrogen-bond donors (Lipinski definition) is 2. The van der Waals surface area contributed by atoms with Gasteiger partial charge < -0.3 is 19.9 Å². The molecule has 1 heterocycles. The van der Waals surface area contributed by atoms with E-state index in [1.165, 1.54) is 48.2 Å². The monoisotopic (exact) mass is 568 g/mol. The number of nitrogens with one attached hydrogen (secondary N) is 1. The molecule has 2 N–H and O–H groups in total. The highest BCUT2D eigenvalue weighted by Crippen LogP contribution is 2.30. The summed E-state index contributed by atoms with van der Waals surface area (Å²) in [7, 11) is 1.47. The van der Waals surface area contributed by atoms with E-state index in [4.69, 9.17) is 26.2 Å². The van der Waals surface area contributed by atoms with E-state index in [1.807, 2.05) is 20.8 Å². The van der Waals surface area contributed by atoms with Crippen LogP contribution in [-0.4, -0.2) is 52.5 Å². The zero-order chi connectivity index (χ0) is 29.4. The van der Waals surface area contributed by atoms with Crippen molar-refractivity contribution in [3.05, 3.63) is 82.3 Å². The third kappa shape index (κ3) is 8.27. The maximum Gasteiger partial charge on any atom is 0.335 e. The van der Waals surface area contributed by atoms with Gasteiger partial charge in [0.05, 0.1) is 30.4 Å². The Bertz CT molecular complexity index is 1430. The van der Waals surface area contributed by atoms with Crippen molar-refractivity contribution in [2.45, 2.75) is 45.3 Å². The number of benzene rings is 2. The molecule has 10 heteroatoms. The highest BCUT2D eigenvalue weighted by atomic mass is 35.5. The number of hydrogen-bond acceptors (Lipinski definition) is 6. The van der Waals surface area contributed by atoms with Gasteiger partial charge >= 0.3 is 5.97 Å². The molecule has 0 aliphatic rings. The fourth-order valence-corrected chi connectivity index (χ4v) is 4.17. The van der Waals surface area contributed by atoms with Gasteiger partial charge in [-0.25, -0.2) is 4.79 Å². The third-order valence-corrected chi connectivity index (χ3v) is 6.31. The number of alkyl halides is 1. The predicted octanol–water partition coefficient (Wildman–Crippen LogP) is 4.96. The van der Waals surface area contributed by atoms with Crippen LogP contribution in [0.15, 0.2) is 65.6 Å². The zero-order valence-corrected chi connectivity index (χ0v) is 23.7. The van der Waals surface area contributed by atoms with E-state index >= 15 is 0 Å². The molecule has 2 aromatic carbocycles. The molecule has 0 fully saturated rings. The molecular weight excluding hydrogens is 536 g/mol. The molecular formula is C30H33ClN2O7. The van der Waals surface area contributed by atoms with Crippen LogP contribution in [0.2, 0.25) is 0 Å². The lowest BCUT2D eigenvalue weighted by molar-refractivity contribution is -0.120. The molecule has 0 radical (unpaired) electrons. The Morgan fingerprint density at radius 2 is 1.77 bits per heavy atom. The maximum atomic E-state index is 13.4. The molecule has 212 valence electrons. The maximum absolute atomic E-state index is 13.4. The molecule has 0 aliphatic heterocycles. The number of aromatic nitrogens is 1. The van der Waals surface area contributed by atoms with Crippen LogP contribution in [-0.2, 0) is 20.7 Å². The Labute approximate surface area is 237 Å². The van der Waals surface area contributed by atoms with Gasteiger partial charge in [-0.1, -0.05) is 24.3 Å². The zero-order valence-electron chi connectivity index (χ0n) is 22.9. The van der Waals surface area contributed by atoms with Crippen LogP contribution < -0.4 is 15.6 Å². The van der Waals surface area contributed by atoms with E-state index in [0.717, 1.165) is 5.56 Å². The summed E-state index contributed by atoms with van der Waals surface area (Å²) in [5.74, 6) is -1.40. The Balaban J connectivity index is 1.98. The number of Topliss-reactive ketones (excluding diaryl/α,β-unsaturated/α-hetero) is 1. The fourth-order valence-electron chi connectivity index (χ4n) is 4.08. The van der Waals surface area contributed by atoms with Crippen molar-refractivity contribution in [3.63, 3.8) is 0 Å². The minimum atomic E-state index is -1.08. The van der Waals surface area contributed by atoms with Gasteiger partial charge in [-0.05, 0) is 56.2 Å². The van der Waals surface area contributed by atoms with Crippen LogP contribution in [0.25, 0.3) is 11.1 Å². The van der Waals surface area contributed by atoms with Crippen LogP contribution >= 0.6 is 11.6 Å². The van der Waals surface area contributed by atoms with Crippen molar-refractivity contribution < 1.29 is 29.0 Å². The molecule has 0 spiro atoms. The Morgan fingerprint density at radius 3 is 2.38 bits per heavy atom. The lowest BCUT2D eigenvalue weighted by atomic mass is 10.0. The number of ketones is 1. The summed E-state index contributed by atoms with van der Waals surface area (Å²) >= 11 is 5.65. The number of rotatable bonds is 12. The Morgan fingerprint density at radius 1 is 1.07 bits per heavy atom. The van der Waals surface area contributed by atoms with Crippen LogP contribution in [0.5, 0.6) is 5.75 Å². The molecule has 0 aliphatic carbocycles. The number of carboxylic acid groups (broad SMARTS) is 1. The molecule has 1 atom stereocenters. The van der Waals surface area contributed by atoms with Crippen LogP contribution in [0.3, 0.4) is 0 Å². The van der Waals surface area contributed by atoms with Gasteiger partial charge in [0.1, 0.15) is 11.8 Å². The number of pyridine rings is 1. The van der Waals surface area contributed by atoms with Gasteiger partial charge in [0.25, 0.3) is 5.56 Å². The van der Waals surface area contributed by atoms with Gasteiger partial charge in [-0.3, -0.25) is 19.0 Å². The minimum absolute atomic E-state index is 0.0840. The van der Waals surface area contributed by atoms with Gasteiger partial charge in [0, 0.05) is 36.8 Å². The summed E-state index contributed by atoms with van der Waals surface area (Å²) < 4.78 is 12.8. The fraction of sp³-hybridized carbons (Fsp3) is 0.333. The quantitative estimate of drug-likeness (QED) is 0.296. The van der Waals surface area contributed by atoms with Crippen LogP contribution in [0, 0.1) is 0 Å². The molecule has 1 amide bonds. The molecule has 40 heavy (non-hydrogen) atoms. The van der Waals surface area contributed by atoms with Gasteiger partial charge in [-0.2, -0.15) is 0 Å². The average molecular weight is 569 g/mol. The van der Waals surface area contributed by atoms with E-state index in [2.05, 4.69) is 5.32 Å². The first-order valence-electron chi connectivity index (χ1n) is 12.7. The van der Waals surface area contributed by atoms with Crippen LogP contribution in [0.1, 0.15) is 49.2 Å². The van der Waals surface area contributed by atoms with Crippen molar-refractivity contribution in [1.29, 1.82) is 0 Å². The van der Waals surface area contributed by atoms with Crippen LogP contribution in [0.4, 0.5) is 5.69 Å². The smallest absolute Gasteiger partial charge is 0.335 e. The number of carbonyl (C=O) groups excluding carboxylic acids is 2. The molecule has 1 aromatic heterocycles. The van der Waals surface area contributed by atoms with Crippen molar-refractivity contribution in [2.75, 3.05) is 24.9 Å². The first-order valence-corrected chi connectivity index (χ1v) is 13.2. The standard InChI is InChI=1S/C30H33ClN2O7/c1-30(2,3)40-13-12-25(28(36)32-22-10-8-20(9-11-22)29(37)38)33-18-26(39-4)24(16-27(33)35)21-7-5-6-19(14-21)15-23(34)17-31/h5-11,14,16,18,25H,12-13,15,17H2,1-4H3,(H,32,36)(H,37,38)/t25-/m0/s1. The molecule has 0 saturated heterocycles. The first kappa shape index (κ1) is 30.6. The second-order valence-electron chi connectivity index (χ2n) is 10.2. The first-order chi connectivity index (χ1) is 18.9. The van der Waals surface area contributed by atoms with Gasteiger partial charge in [0.2, 0.25) is 5.91 Å². The molecule has 0 unspecified atom stereocenters. The SMILES string of the molecule is COc1cn([C@@H](CCOC(C)(C)C)C(=O)Nc2ccc(C(=O)O)cc2)c(=O)cc1-c1cccc(CC(=O)CCl)c1. The predicted molar refractivity (Wildman–Crippen MR) is 154 cm³/mol. The van der Waals surface area contributed by atoms with Crippen molar-refractivity contribution >= 4 is 34.9 Å². The normalized spacial score (nSPS) is 12.0. The highest BCUT2D eigenvalue weighted by Gasteiger charge is 2.25. The van der Waals surface area contributed by atoms with Crippen molar-refractivity contribution in [1.82, 2.24) is 4.57 Å². The molecule has 0 bridgehead atoms. The molecule has 3 aromatic rings. The lowest BCUT2D eigenvalue weighted by Crippen LogP contribution is -2.34. The highest BCUT2D eigenvalue weighted by molar-refractivity contribution is 6.27. The lowest BCUT2D eigenvalue weighted by Gasteiger charge is -2.24. The number of ether oxygens (including phenoxy) is 2. The Hall–Kier alpha value is -3.95. The summed E-state index contributed by atoms with van der Waals surface area (Å²) in [6.07, 6.45) is 1.85. The summed E-state index contributed by atoms with van der Waals surface area (Å²) in [6, 6.07) is 13.4. The molecule has 9 nitrogen and oxygen atoms in total. The van der Waals surface area contributed by atoms with Crippen molar-refractivity contribution in [3.8, 4) is 16.9 Å².